The van der Waals surface area contributed by atoms with Crippen molar-refractivity contribution in [2.45, 2.75) is 51.0 Å². The molecule has 0 saturated carbocycles. The maximum Gasteiger partial charge on any atom is 0.0595 e. The molecule has 0 radical (unpaired) electrons. The first kappa shape index (κ1) is 17.4. The summed E-state index contributed by atoms with van der Waals surface area (Å²) < 4.78 is 0. The van der Waals surface area contributed by atoms with Gasteiger partial charge in [-0.2, -0.15) is 0 Å². The van der Waals surface area contributed by atoms with E-state index in [1.165, 1.54) is 50.8 Å². The number of rotatable bonds is 2. The van der Waals surface area contributed by atoms with E-state index < -0.39 is 0 Å². The van der Waals surface area contributed by atoms with Gasteiger partial charge in [0.15, 0.2) is 0 Å². The van der Waals surface area contributed by atoms with Crippen LogP contribution in [0.25, 0.3) is 0 Å². The minimum Gasteiger partial charge on any atom is -0.300 e. The van der Waals surface area contributed by atoms with Gasteiger partial charge < -0.3 is 0 Å². The predicted molar refractivity (Wildman–Crippen MR) is 94.1 cm³/mol. The molecule has 0 amide bonds. The fourth-order valence-electron chi connectivity index (χ4n) is 4.20. The van der Waals surface area contributed by atoms with Crippen LogP contribution in [0.3, 0.4) is 0 Å². The number of fused-ring (bicyclic) bond motifs is 1. The molecule has 2 aliphatic heterocycles. The van der Waals surface area contributed by atoms with E-state index in [1.807, 2.05) is 6.07 Å². The Hall–Kier alpha value is 0.0500. The van der Waals surface area contributed by atoms with Crippen molar-refractivity contribution < 1.29 is 0 Å². The van der Waals surface area contributed by atoms with E-state index in [2.05, 4.69) is 24.0 Å². The summed E-state index contributed by atoms with van der Waals surface area (Å²) in [5, 5.41) is 1.37. The molecule has 1 aromatic carbocycles. The first-order valence-electron chi connectivity index (χ1n) is 7.89. The predicted octanol–water partition coefficient (Wildman–Crippen LogP) is 5.78. The molecule has 4 heteroatoms. The van der Waals surface area contributed by atoms with Gasteiger partial charge in [-0.3, -0.25) is 4.90 Å². The number of nitrogens with zero attached hydrogens (tertiary/aromatic N) is 1. The van der Waals surface area contributed by atoms with E-state index in [1.54, 1.807) is 0 Å². The molecule has 0 aliphatic carbocycles. The van der Waals surface area contributed by atoms with Crippen LogP contribution in [0.15, 0.2) is 18.2 Å². The lowest BCUT2D eigenvalue weighted by Crippen LogP contribution is -2.50. The Morgan fingerprint density at radius 1 is 1.10 bits per heavy atom. The minimum atomic E-state index is 0. The smallest absolute Gasteiger partial charge is 0.0595 e. The molecule has 0 bridgehead atoms. The molecule has 2 fully saturated rings. The van der Waals surface area contributed by atoms with Gasteiger partial charge in [-0.25, -0.2) is 0 Å². The van der Waals surface area contributed by atoms with Crippen LogP contribution >= 0.6 is 35.6 Å². The monoisotopic (exact) mass is 347 g/mol. The average molecular weight is 349 g/mol. The Balaban J connectivity index is 0.00000161. The lowest BCUT2D eigenvalue weighted by Gasteiger charge is -2.48. The lowest BCUT2D eigenvalue weighted by atomic mass is 9.72. The van der Waals surface area contributed by atoms with Gasteiger partial charge >= 0.3 is 0 Å². The van der Waals surface area contributed by atoms with Gasteiger partial charge in [0.25, 0.3) is 0 Å². The summed E-state index contributed by atoms with van der Waals surface area (Å²) >= 11 is 12.3. The summed E-state index contributed by atoms with van der Waals surface area (Å²) in [6, 6.07) is 6.97. The maximum absolute atomic E-state index is 6.25. The largest absolute Gasteiger partial charge is 0.300 e. The standard InChI is InChI=1S/C17H23Cl2N.ClH/c1-2-12-8-10-20-9-4-3-5-16(20)17(12)13-6-7-14(18)15(19)11-13;/h6-7,11-12,16-17H,2-5,8-10H2,1H3;1H/t12-,16+,17+;/m0./s1. The van der Waals surface area contributed by atoms with Crippen LogP contribution in [0.1, 0.15) is 50.5 Å². The van der Waals surface area contributed by atoms with E-state index in [0.717, 1.165) is 5.92 Å². The van der Waals surface area contributed by atoms with Crippen molar-refractivity contribution in [3.05, 3.63) is 33.8 Å². The van der Waals surface area contributed by atoms with E-state index in [-0.39, 0.29) is 12.4 Å². The SMILES string of the molecule is CC[C@H]1CCN2CCCC[C@@H]2[C@H]1c1ccc(Cl)c(Cl)c1.Cl. The fraction of sp³-hybridized carbons (Fsp3) is 0.647. The van der Waals surface area contributed by atoms with Crippen LogP contribution in [-0.4, -0.2) is 24.0 Å². The van der Waals surface area contributed by atoms with E-state index in [4.69, 9.17) is 23.2 Å². The molecule has 1 aromatic rings. The van der Waals surface area contributed by atoms with Crippen LogP contribution < -0.4 is 0 Å². The Labute approximate surface area is 144 Å². The number of hydrogen-bond donors (Lipinski definition) is 0. The van der Waals surface area contributed by atoms with Crippen LogP contribution in [0.2, 0.25) is 10.0 Å². The molecule has 0 unspecified atom stereocenters. The van der Waals surface area contributed by atoms with Gasteiger partial charge in [-0.05, 0) is 56.0 Å². The zero-order valence-electron chi connectivity index (χ0n) is 12.5. The van der Waals surface area contributed by atoms with Crippen LogP contribution in [0, 0.1) is 5.92 Å². The van der Waals surface area contributed by atoms with E-state index >= 15 is 0 Å². The summed E-state index contributed by atoms with van der Waals surface area (Å²) in [6.07, 6.45) is 6.64. The first-order chi connectivity index (χ1) is 9.70. The molecule has 0 spiro atoms. The first-order valence-corrected chi connectivity index (χ1v) is 8.65. The number of halogens is 3. The van der Waals surface area contributed by atoms with Crippen molar-refractivity contribution in [3.8, 4) is 0 Å². The van der Waals surface area contributed by atoms with Crippen molar-refractivity contribution in [1.82, 2.24) is 4.90 Å². The van der Waals surface area contributed by atoms with E-state index in [9.17, 15) is 0 Å². The summed E-state index contributed by atoms with van der Waals surface area (Å²) in [5.74, 6) is 1.41. The molecular formula is C17H24Cl3N. The van der Waals surface area contributed by atoms with Gasteiger partial charge in [-0.15, -0.1) is 12.4 Å². The fourth-order valence-corrected chi connectivity index (χ4v) is 4.51. The molecule has 21 heavy (non-hydrogen) atoms. The second kappa shape index (κ2) is 7.55. The van der Waals surface area contributed by atoms with Crippen LogP contribution in [0.5, 0.6) is 0 Å². The molecule has 118 valence electrons. The molecule has 0 aromatic heterocycles. The second-order valence-corrected chi connectivity index (χ2v) is 7.07. The molecule has 1 nitrogen and oxygen atoms in total. The molecule has 0 N–H and O–H groups in total. The Morgan fingerprint density at radius 3 is 2.62 bits per heavy atom. The number of piperidine rings is 2. The zero-order chi connectivity index (χ0) is 14.1. The highest BCUT2D eigenvalue weighted by atomic mass is 35.5. The molecule has 3 rings (SSSR count). The Kier molecular flexibility index (Phi) is 6.25. The minimum absolute atomic E-state index is 0. The maximum atomic E-state index is 6.25. The van der Waals surface area contributed by atoms with Crippen molar-refractivity contribution in [1.29, 1.82) is 0 Å². The third-order valence-corrected chi connectivity index (χ3v) is 5.97. The topological polar surface area (TPSA) is 3.24 Å². The van der Waals surface area contributed by atoms with Crippen molar-refractivity contribution in [3.63, 3.8) is 0 Å². The molecule has 2 heterocycles. The van der Waals surface area contributed by atoms with Crippen molar-refractivity contribution in [2.75, 3.05) is 13.1 Å². The van der Waals surface area contributed by atoms with Crippen LogP contribution in [0.4, 0.5) is 0 Å². The van der Waals surface area contributed by atoms with Gasteiger partial charge in [0.05, 0.1) is 10.0 Å². The van der Waals surface area contributed by atoms with Gasteiger partial charge in [0.2, 0.25) is 0 Å². The van der Waals surface area contributed by atoms with Crippen molar-refractivity contribution >= 4 is 35.6 Å². The zero-order valence-corrected chi connectivity index (χ0v) is 14.9. The highest BCUT2D eigenvalue weighted by Gasteiger charge is 2.39. The summed E-state index contributed by atoms with van der Waals surface area (Å²) in [5.41, 5.74) is 1.39. The highest BCUT2D eigenvalue weighted by molar-refractivity contribution is 6.42. The van der Waals surface area contributed by atoms with E-state index in [0.29, 0.717) is 22.0 Å². The normalized spacial score (nSPS) is 29.6. The lowest BCUT2D eigenvalue weighted by molar-refractivity contribution is 0.0547. The summed E-state index contributed by atoms with van der Waals surface area (Å²) in [6.45, 7) is 4.88. The van der Waals surface area contributed by atoms with Crippen LogP contribution in [-0.2, 0) is 0 Å². The average Bonchev–Trinajstić information content (AvgIpc) is 2.49. The highest BCUT2D eigenvalue weighted by Crippen LogP contribution is 2.43. The molecular weight excluding hydrogens is 325 g/mol. The van der Waals surface area contributed by atoms with Gasteiger partial charge in [0.1, 0.15) is 0 Å². The quantitative estimate of drug-likeness (QED) is 0.654. The third kappa shape index (κ3) is 3.52. The number of benzene rings is 1. The second-order valence-electron chi connectivity index (χ2n) is 6.26. The Bertz CT molecular complexity index is 477. The number of hydrogen-bond acceptors (Lipinski definition) is 1. The summed E-state index contributed by atoms with van der Waals surface area (Å²) in [7, 11) is 0. The third-order valence-electron chi connectivity index (χ3n) is 5.23. The Morgan fingerprint density at radius 2 is 1.90 bits per heavy atom. The van der Waals surface area contributed by atoms with Gasteiger partial charge in [0, 0.05) is 12.0 Å². The van der Waals surface area contributed by atoms with Gasteiger partial charge in [-0.1, -0.05) is 49.0 Å². The molecule has 2 saturated heterocycles. The summed E-state index contributed by atoms with van der Waals surface area (Å²) in [4.78, 5) is 2.71. The molecule has 2 aliphatic rings. The molecule has 3 atom stereocenters. The van der Waals surface area contributed by atoms with Crippen molar-refractivity contribution in [2.24, 2.45) is 5.92 Å².